The fourth-order valence-electron chi connectivity index (χ4n) is 3.27. The molecule has 2 aromatic heterocycles. The Labute approximate surface area is 185 Å². The first kappa shape index (κ1) is 21.0. The molecule has 1 aliphatic rings. The number of hydrogen-bond donors (Lipinski definition) is 0. The molecule has 0 bridgehead atoms. The molecule has 0 atom stereocenters. The highest BCUT2D eigenvalue weighted by Gasteiger charge is 2.36. The number of ether oxygens (including phenoxy) is 2. The summed E-state index contributed by atoms with van der Waals surface area (Å²) in [7, 11) is 7.29. The van der Waals surface area contributed by atoms with E-state index in [1.807, 2.05) is 38.4 Å². The molecule has 8 nitrogen and oxygen atoms in total. The van der Waals surface area contributed by atoms with E-state index in [1.54, 1.807) is 30.2 Å². The van der Waals surface area contributed by atoms with Gasteiger partial charge in [-0.05, 0) is 30.3 Å². The second-order valence-corrected chi connectivity index (χ2v) is 9.43. The van der Waals surface area contributed by atoms with E-state index in [-0.39, 0.29) is 5.41 Å². The Hall–Kier alpha value is -3.20. The van der Waals surface area contributed by atoms with E-state index in [2.05, 4.69) is 41.9 Å². The minimum absolute atomic E-state index is 0.225. The van der Waals surface area contributed by atoms with Gasteiger partial charge in [-0.1, -0.05) is 32.1 Å². The molecule has 0 aliphatic carbocycles. The molecule has 162 valence electrons. The van der Waals surface area contributed by atoms with Crippen LogP contribution in [0.2, 0.25) is 0 Å². The molecule has 0 amide bonds. The number of aliphatic imine (C=N–C) groups is 1. The van der Waals surface area contributed by atoms with Crippen LogP contribution in [0.25, 0.3) is 11.4 Å². The quantitative estimate of drug-likeness (QED) is 0.587. The van der Waals surface area contributed by atoms with Crippen molar-refractivity contribution in [2.45, 2.75) is 20.8 Å². The molecule has 1 aliphatic heterocycles. The van der Waals surface area contributed by atoms with Crippen LogP contribution in [0.15, 0.2) is 40.4 Å². The number of anilines is 1. The maximum atomic E-state index is 5.55. The molecule has 0 unspecified atom stereocenters. The number of fused-ring (bicyclic) bond motifs is 1. The lowest BCUT2D eigenvalue weighted by atomic mass is 9.87. The molecule has 31 heavy (non-hydrogen) atoms. The molecular weight excluding hydrogens is 412 g/mol. The molecule has 0 spiro atoms. The van der Waals surface area contributed by atoms with Gasteiger partial charge in [-0.3, -0.25) is 0 Å². The number of aromatic nitrogens is 3. The van der Waals surface area contributed by atoms with Crippen LogP contribution in [0, 0.1) is 5.41 Å². The molecule has 1 aromatic carbocycles. The van der Waals surface area contributed by atoms with Crippen LogP contribution in [0.4, 0.5) is 10.0 Å². The average molecular weight is 439 g/mol. The number of thiophene rings is 1. The summed E-state index contributed by atoms with van der Waals surface area (Å²) in [5.41, 5.74) is 2.13. The van der Waals surface area contributed by atoms with E-state index in [9.17, 15) is 0 Å². The van der Waals surface area contributed by atoms with Gasteiger partial charge in [0.15, 0.2) is 5.82 Å². The molecule has 3 heterocycles. The largest absolute Gasteiger partial charge is 0.497 e. The Balaban J connectivity index is 1.87. The smallest absolute Gasteiger partial charge is 0.205 e. The number of nitrogens with zero attached hydrogens (tertiary/aromatic N) is 6. The van der Waals surface area contributed by atoms with Crippen molar-refractivity contribution in [3.8, 4) is 22.9 Å². The zero-order valence-electron chi connectivity index (χ0n) is 18.8. The Kier molecular flexibility index (Phi) is 5.30. The Bertz CT molecular complexity index is 1180. The van der Waals surface area contributed by atoms with Crippen molar-refractivity contribution in [3.63, 3.8) is 0 Å². The summed E-state index contributed by atoms with van der Waals surface area (Å²) in [6, 6.07) is 9.64. The predicted molar refractivity (Wildman–Crippen MR) is 126 cm³/mol. The van der Waals surface area contributed by atoms with Crippen LogP contribution in [-0.2, 0) is 0 Å². The third-order valence-corrected chi connectivity index (χ3v) is 6.02. The van der Waals surface area contributed by atoms with Crippen molar-refractivity contribution in [3.05, 3.63) is 36.2 Å². The van der Waals surface area contributed by atoms with E-state index in [0.717, 1.165) is 27.0 Å². The second kappa shape index (κ2) is 7.81. The molecular formula is C22H26N6O2S. The summed E-state index contributed by atoms with van der Waals surface area (Å²) < 4.78 is 12.7. The summed E-state index contributed by atoms with van der Waals surface area (Å²) in [6.07, 6.45) is 0. The number of benzene rings is 1. The highest BCUT2D eigenvalue weighted by atomic mass is 32.1. The van der Waals surface area contributed by atoms with Crippen molar-refractivity contribution in [1.82, 2.24) is 14.9 Å². The van der Waals surface area contributed by atoms with Crippen LogP contribution < -0.4 is 14.4 Å². The first-order valence-corrected chi connectivity index (χ1v) is 10.7. The van der Waals surface area contributed by atoms with Gasteiger partial charge in [-0.2, -0.15) is 9.78 Å². The average Bonchev–Trinajstić information content (AvgIpc) is 3.43. The molecule has 0 N–H and O–H groups in total. The van der Waals surface area contributed by atoms with Gasteiger partial charge >= 0.3 is 0 Å². The van der Waals surface area contributed by atoms with Gasteiger partial charge in [0, 0.05) is 19.5 Å². The standard InChI is InChI=1S/C22H26N6O2S/c1-22(2,3)19-18(23-16-10-11-17(31-16)27(4)5)21-25-24-20(28(21)26-19)14-12-13(29-6)8-9-15(14)30-7/h8-12H,1-7H3. The molecule has 9 heteroatoms. The Morgan fingerprint density at radius 2 is 1.74 bits per heavy atom. The van der Waals surface area contributed by atoms with E-state index in [1.165, 1.54) is 0 Å². The lowest BCUT2D eigenvalue weighted by Gasteiger charge is -2.17. The summed E-state index contributed by atoms with van der Waals surface area (Å²) in [4.78, 5) is 7.00. The maximum absolute atomic E-state index is 5.55. The van der Waals surface area contributed by atoms with Crippen LogP contribution >= 0.6 is 11.3 Å². The first-order valence-electron chi connectivity index (χ1n) is 9.86. The monoisotopic (exact) mass is 438 g/mol. The molecule has 0 saturated carbocycles. The molecule has 0 saturated heterocycles. The fraction of sp³-hybridized carbons (Fsp3) is 0.364. The third-order valence-electron chi connectivity index (χ3n) is 4.88. The van der Waals surface area contributed by atoms with Gasteiger partial charge in [-0.25, -0.2) is 4.99 Å². The lowest BCUT2D eigenvalue weighted by Crippen LogP contribution is -2.27. The van der Waals surface area contributed by atoms with E-state index < -0.39 is 0 Å². The van der Waals surface area contributed by atoms with Crippen LogP contribution in [-0.4, -0.2) is 54.6 Å². The van der Waals surface area contributed by atoms with Gasteiger partial charge in [0.1, 0.15) is 22.2 Å². The predicted octanol–water partition coefficient (Wildman–Crippen LogP) is 4.47. The highest BCUT2D eigenvalue weighted by Crippen LogP contribution is 2.37. The number of rotatable bonds is 5. The van der Waals surface area contributed by atoms with Crippen LogP contribution in [0.1, 0.15) is 26.6 Å². The Morgan fingerprint density at radius 1 is 1.00 bits per heavy atom. The zero-order chi connectivity index (χ0) is 22.3. The summed E-state index contributed by atoms with van der Waals surface area (Å²) in [6.45, 7) is 6.35. The van der Waals surface area contributed by atoms with E-state index in [4.69, 9.17) is 19.6 Å². The highest BCUT2D eigenvalue weighted by molar-refractivity contribution is 7.19. The van der Waals surface area contributed by atoms with Gasteiger partial charge in [0.2, 0.25) is 5.82 Å². The minimum Gasteiger partial charge on any atom is -0.497 e. The number of hydrogen-bond acceptors (Lipinski definition) is 8. The van der Waals surface area contributed by atoms with Gasteiger partial charge < -0.3 is 14.4 Å². The molecule has 0 radical (unpaired) electrons. The van der Waals surface area contributed by atoms with Crippen molar-refractivity contribution in [2.75, 3.05) is 33.2 Å². The van der Waals surface area contributed by atoms with E-state index >= 15 is 0 Å². The summed E-state index contributed by atoms with van der Waals surface area (Å²) >= 11 is 1.62. The normalized spacial score (nSPS) is 14.5. The van der Waals surface area contributed by atoms with Gasteiger partial charge in [0.25, 0.3) is 0 Å². The molecule has 0 fully saturated rings. The lowest BCUT2D eigenvalue weighted by molar-refractivity contribution is 0.404. The molecule has 4 rings (SSSR count). The summed E-state index contributed by atoms with van der Waals surface area (Å²) in [5, 5.41) is 15.8. The second-order valence-electron chi connectivity index (χ2n) is 8.39. The first-order chi connectivity index (χ1) is 14.7. The number of methoxy groups -OCH3 is 2. The van der Waals surface area contributed by atoms with Gasteiger partial charge in [-0.15, -0.1) is 10.2 Å². The summed E-state index contributed by atoms with van der Waals surface area (Å²) in [5.74, 6) is 2.57. The van der Waals surface area contributed by atoms with Crippen LogP contribution in [0.5, 0.6) is 11.5 Å². The van der Waals surface area contributed by atoms with Gasteiger partial charge in [0.05, 0.1) is 30.5 Å². The third kappa shape index (κ3) is 3.81. The minimum atomic E-state index is -0.225. The van der Waals surface area contributed by atoms with Crippen molar-refractivity contribution in [2.24, 2.45) is 15.5 Å². The fourth-order valence-corrected chi connectivity index (χ4v) is 4.07. The van der Waals surface area contributed by atoms with Crippen molar-refractivity contribution < 1.29 is 9.47 Å². The SMILES string of the molecule is COc1ccc(OC)c(-c2nnc3n2N=C(C(C)(C)C)C3=Nc2ccc(N(C)C)s2)c1. The van der Waals surface area contributed by atoms with Crippen LogP contribution in [0.3, 0.4) is 0 Å². The van der Waals surface area contributed by atoms with Crippen molar-refractivity contribution in [1.29, 1.82) is 0 Å². The topological polar surface area (TPSA) is 77.1 Å². The Morgan fingerprint density at radius 3 is 2.35 bits per heavy atom. The van der Waals surface area contributed by atoms with Crippen molar-refractivity contribution >= 4 is 32.8 Å². The molecule has 3 aromatic rings. The van der Waals surface area contributed by atoms with E-state index in [0.29, 0.717) is 23.1 Å². The maximum Gasteiger partial charge on any atom is 0.205 e. The zero-order valence-corrected chi connectivity index (χ0v) is 19.6.